The highest BCUT2D eigenvalue weighted by molar-refractivity contribution is 8.00. The van der Waals surface area contributed by atoms with Gasteiger partial charge in [-0.15, -0.1) is 11.8 Å². The summed E-state index contributed by atoms with van der Waals surface area (Å²) in [6.45, 7) is 3.37. The first-order valence-electron chi connectivity index (χ1n) is 5.29. The van der Waals surface area contributed by atoms with E-state index in [0.29, 0.717) is 11.6 Å². The normalized spacial score (nSPS) is 17.4. The molecule has 0 aromatic rings. The third kappa shape index (κ3) is 3.92. The maximum atomic E-state index is 11.6. The van der Waals surface area contributed by atoms with Gasteiger partial charge < -0.3 is 15.3 Å². The lowest BCUT2D eigenvalue weighted by Gasteiger charge is -2.20. The Morgan fingerprint density at radius 1 is 1.53 bits per heavy atom. The highest BCUT2D eigenvalue weighted by Crippen LogP contribution is 2.14. The molecule has 1 aliphatic heterocycles. The van der Waals surface area contributed by atoms with Crippen molar-refractivity contribution in [2.45, 2.75) is 19.9 Å². The molecule has 96 valence electrons. The van der Waals surface area contributed by atoms with Crippen LogP contribution in [0.25, 0.3) is 0 Å². The molecule has 1 saturated heterocycles. The summed E-state index contributed by atoms with van der Waals surface area (Å²) in [6, 6.07) is -0.909. The second-order valence-electron chi connectivity index (χ2n) is 4.20. The predicted octanol–water partition coefficient (Wildman–Crippen LogP) is -0.255. The van der Waals surface area contributed by atoms with Gasteiger partial charge in [0.2, 0.25) is 11.8 Å². The Bertz CT molecular complexity index is 332. The minimum Gasteiger partial charge on any atom is -0.480 e. The van der Waals surface area contributed by atoms with Crippen LogP contribution < -0.4 is 5.32 Å². The Hall–Kier alpha value is -1.24. The summed E-state index contributed by atoms with van der Waals surface area (Å²) in [7, 11) is 0. The van der Waals surface area contributed by atoms with Crippen LogP contribution in [-0.4, -0.2) is 52.0 Å². The topological polar surface area (TPSA) is 86.7 Å². The molecule has 7 heteroatoms. The molecule has 1 heterocycles. The highest BCUT2D eigenvalue weighted by Gasteiger charge is 2.27. The molecule has 0 radical (unpaired) electrons. The number of aliphatic carboxylic acids is 1. The van der Waals surface area contributed by atoms with Gasteiger partial charge in [0.15, 0.2) is 0 Å². The van der Waals surface area contributed by atoms with Crippen LogP contribution in [0.1, 0.15) is 13.8 Å². The molecule has 0 aromatic carbocycles. The molecule has 2 amide bonds. The SMILES string of the molecule is CC(C)[C@H](NC(=O)CN1CSCC1=O)C(=O)O. The van der Waals surface area contributed by atoms with Crippen LogP contribution in [0.4, 0.5) is 0 Å². The van der Waals surface area contributed by atoms with Crippen molar-refractivity contribution in [1.29, 1.82) is 0 Å². The van der Waals surface area contributed by atoms with Gasteiger partial charge in [0, 0.05) is 0 Å². The number of rotatable bonds is 5. The zero-order valence-corrected chi connectivity index (χ0v) is 10.6. The first kappa shape index (κ1) is 13.8. The highest BCUT2D eigenvalue weighted by atomic mass is 32.2. The molecule has 1 rings (SSSR count). The van der Waals surface area contributed by atoms with E-state index in [2.05, 4.69) is 5.32 Å². The zero-order valence-electron chi connectivity index (χ0n) is 9.80. The van der Waals surface area contributed by atoms with Crippen molar-refractivity contribution in [3.8, 4) is 0 Å². The monoisotopic (exact) mass is 260 g/mol. The summed E-state index contributed by atoms with van der Waals surface area (Å²) in [6.07, 6.45) is 0. The summed E-state index contributed by atoms with van der Waals surface area (Å²) in [4.78, 5) is 35.2. The lowest BCUT2D eigenvalue weighted by Crippen LogP contribution is -2.48. The molecule has 0 aliphatic carbocycles. The Morgan fingerprint density at radius 2 is 2.18 bits per heavy atom. The van der Waals surface area contributed by atoms with Gasteiger partial charge in [-0.3, -0.25) is 9.59 Å². The number of nitrogens with zero attached hydrogens (tertiary/aromatic N) is 1. The first-order chi connectivity index (χ1) is 7.91. The molecule has 0 bridgehead atoms. The number of carboxylic acids is 1. The molecule has 1 aliphatic rings. The van der Waals surface area contributed by atoms with Gasteiger partial charge in [-0.25, -0.2) is 4.79 Å². The van der Waals surface area contributed by atoms with Crippen molar-refractivity contribution in [2.75, 3.05) is 18.2 Å². The fourth-order valence-corrected chi connectivity index (χ4v) is 2.35. The number of hydrogen-bond acceptors (Lipinski definition) is 4. The third-order valence-electron chi connectivity index (χ3n) is 2.41. The van der Waals surface area contributed by atoms with E-state index in [1.165, 1.54) is 16.7 Å². The van der Waals surface area contributed by atoms with Crippen LogP contribution in [0.15, 0.2) is 0 Å². The van der Waals surface area contributed by atoms with Gasteiger partial charge in [-0.1, -0.05) is 13.8 Å². The summed E-state index contributed by atoms with van der Waals surface area (Å²) in [5.74, 6) is -0.884. The van der Waals surface area contributed by atoms with Crippen molar-refractivity contribution >= 4 is 29.5 Å². The number of thioether (sulfide) groups is 1. The van der Waals surface area contributed by atoms with Crippen LogP contribution in [-0.2, 0) is 14.4 Å². The van der Waals surface area contributed by atoms with Crippen molar-refractivity contribution in [3.05, 3.63) is 0 Å². The first-order valence-corrected chi connectivity index (χ1v) is 6.45. The largest absolute Gasteiger partial charge is 0.480 e. The number of carboxylic acid groups (broad SMARTS) is 1. The Balaban J connectivity index is 2.47. The van der Waals surface area contributed by atoms with E-state index in [0.717, 1.165) is 0 Å². The molecule has 2 N–H and O–H groups in total. The van der Waals surface area contributed by atoms with Gasteiger partial charge in [0.05, 0.1) is 11.6 Å². The number of amides is 2. The molecular formula is C10H16N2O4S. The van der Waals surface area contributed by atoms with E-state index in [-0.39, 0.29) is 18.4 Å². The van der Waals surface area contributed by atoms with E-state index in [9.17, 15) is 14.4 Å². The minimum atomic E-state index is -1.06. The van der Waals surface area contributed by atoms with Gasteiger partial charge in [-0.05, 0) is 5.92 Å². The van der Waals surface area contributed by atoms with Gasteiger partial charge >= 0.3 is 5.97 Å². The van der Waals surface area contributed by atoms with Crippen LogP contribution in [0.5, 0.6) is 0 Å². The molecule has 6 nitrogen and oxygen atoms in total. The van der Waals surface area contributed by atoms with Crippen LogP contribution in [0, 0.1) is 5.92 Å². The van der Waals surface area contributed by atoms with E-state index in [4.69, 9.17) is 5.11 Å². The Labute approximate surface area is 104 Å². The van der Waals surface area contributed by atoms with E-state index < -0.39 is 17.9 Å². The summed E-state index contributed by atoms with van der Waals surface area (Å²) in [5, 5.41) is 11.3. The minimum absolute atomic E-state index is 0.0671. The standard InChI is InChI=1S/C10H16N2O4S/c1-6(2)9(10(15)16)11-7(13)3-12-5-17-4-8(12)14/h6,9H,3-5H2,1-2H3,(H,11,13)(H,15,16)/t9-/m0/s1. The van der Waals surface area contributed by atoms with Gasteiger partial charge in [0.25, 0.3) is 0 Å². The Kier molecular flexibility index (Phi) is 4.80. The van der Waals surface area contributed by atoms with Crippen LogP contribution in [0.3, 0.4) is 0 Å². The van der Waals surface area contributed by atoms with Crippen LogP contribution in [0.2, 0.25) is 0 Å². The van der Waals surface area contributed by atoms with Gasteiger partial charge in [-0.2, -0.15) is 0 Å². The zero-order chi connectivity index (χ0) is 13.0. The van der Waals surface area contributed by atoms with Gasteiger partial charge in [0.1, 0.15) is 12.6 Å². The van der Waals surface area contributed by atoms with E-state index in [1.54, 1.807) is 13.8 Å². The fraction of sp³-hybridized carbons (Fsp3) is 0.700. The molecule has 1 atom stereocenters. The average Bonchev–Trinajstić information content (AvgIpc) is 2.60. The van der Waals surface area contributed by atoms with Crippen molar-refractivity contribution in [3.63, 3.8) is 0 Å². The molecule has 1 fully saturated rings. The third-order valence-corrected chi connectivity index (χ3v) is 3.35. The van der Waals surface area contributed by atoms with E-state index in [1.807, 2.05) is 0 Å². The summed E-state index contributed by atoms with van der Waals surface area (Å²) < 4.78 is 0. The van der Waals surface area contributed by atoms with Crippen molar-refractivity contribution < 1.29 is 19.5 Å². The molecule has 17 heavy (non-hydrogen) atoms. The molecule has 0 unspecified atom stereocenters. The summed E-state index contributed by atoms with van der Waals surface area (Å²) in [5.41, 5.74) is 0. The van der Waals surface area contributed by atoms with E-state index >= 15 is 0 Å². The quantitative estimate of drug-likeness (QED) is 0.711. The number of carbonyl (C=O) groups is 3. The number of hydrogen-bond donors (Lipinski definition) is 2. The maximum Gasteiger partial charge on any atom is 0.326 e. The van der Waals surface area contributed by atoms with Crippen molar-refractivity contribution in [2.24, 2.45) is 5.92 Å². The molecule has 0 spiro atoms. The van der Waals surface area contributed by atoms with Crippen molar-refractivity contribution in [1.82, 2.24) is 10.2 Å². The predicted molar refractivity (Wildman–Crippen MR) is 63.4 cm³/mol. The number of nitrogens with one attached hydrogen (secondary N) is 1. The second kappa shape index (κ2) is 5.90. The number of carbonyl (C=O) groups excluding carboxylic acids is 2. The maximum absolute atomic E-state index is 11.6. The summed E-state index contributed by atoms with van der Waals surface area (Å²) >= 11 is 1.44. The lowest BCUT2D eigenvalue weighted by atomic mass is 10.0. The Morgan fingerprint density at radius 3 is 2.59 bits per heavy atom. The molecule has 0 saturated carbocycles. The lowest BCUT2D eigenvalue weighted by molar-refractivity contribution is -0.143. The molecular weight excluding hydrogens is 244 g/mol. The average molecular weight is 260 g/mol. The fourth-order valence-electron chi connectivity index (χ4n) is 1.45. The second-order valence-corrected chi connectivity index (χ2v) is 5.15. The smallest absolute Gasteiger partial charge is 0.326 e. The van der Waals surface area contributed by atoms with Crippen LogP contribution >= 0.6 is 11.8 Å². The molecule has 0 aromatic heterocycles.